The first-order valence-electron chi connectivity index (χ1n) is 11.2. The first-order chi connectivity index (χ1) is 15.4. The van der Waals surface area contributed by atoms with Crippen LogP contribution in [0, 0.1) is 5.92 Å². The Bertz CT molecular complexity index is 1080. The zero-order valence-corrected chi connectivity index (χ0v) is 18.9. The average molecular weight is 459 g/mol. The summed E-state index contributed by atoms with van der Waals surface area (Å²) < 4.78 is 27.9. The molecule has 0 saturated carbocycles. The van der Waals surface area contributed by atoms with Crippen LogP contribution in [0.15, 0.2) is 47.4 Å². The fraction of sp³-hybridized carbons (Fsp3) is 0.478. The number of nitrogens with one attached hydrogen (secondary N) is 3. The molecule has 2 saturated heterocycles. The van der Waals surface area contributed by atoms with Gasteiger partial charge in [0.1, 0.15) is 0 Å². The molecule has 172 valence electrons. The molecule has 8 nitrogen and oxygen atoms in total. The van der Waals surface area contributed by atoms with Crippen LogP contribution in [0.5, 0.6) is 0 Å². The van der Waals surface area contributed by atoms with Crippen LogP contribution in [0.4, 0.5) is 0 Å². The van der Waals surface area contributed by atoms with Crippen molar-refractivity contribution in [1.29, 1.82) is 0 Å². The fourth-order valence-electron chi connectivity index (χ4n) is 4.49. The fourth-order valence-corrected chi connectivity index (χ4v) is 5.50. The van der Waals surface area contributed by atoms with Crippen molar-refractivity contribution in [2.75, 3.05) is 32.7 Å². The molecule has 0 radical (unpaired) electrons. The molecule has 1 unspecified atom stereocenters. The smallest absolute Gasteiger partial charge is 0.241 e. The Morgan fingerprint density at radius 1 is 1.06 bits per heavy atom. The van der Waals surface area contributed by atoms with Crippen LogP contribution >= 0.6 is 0 Å². The summed E-state index contributed by atoms with van der Waals surface area (Å²) >= 11 is 0. The molecule has 2 aliphatic rings. The molecule has 2 aromatic rings. The van der Waals surface area contributed by atoms with Crippen molar-refractivity contribution in [3.63, 3.8) is 0 Å². The summed E-state index contributed by atoms with van der Waals surface area (Å²) in [6, 6.07) is 12.3. The van der Waals surface area contributed by atoms with Gasteiger partial charge in [-0.15, -0.1) is 0 Å². The highest BCUT2D eigenvalue weighted by atomic mass is 32.2. The summed E-state index contributed by atoms with van der Waals surface area (Å²) in [4.78, 5) is 27.0. The number of carbonyl (C=O) groups is 2. The Labute approximate surface area is 188 Å². The minimum absolute atomic E-state index is 0.0218. The minimum atomic E-state index is -3.81. The summed E-state index contributed by atoms with van der Waals surface area (Å²) in [7, 11) is -3.81. The Morgan fingerprint density at radius 3 is 2.66 bits per heavy atom. The van der Waals surface area contributed by atoms with Crippen LogP contribution in [0.3, 0.4) is 0 Å². The maximum atomic E-state index is 12.8. The van der Waals surface area contributed by atoms with E-state index in [1.165, 1.54) is 0 Å². The highest BCUT2D eigenvalue weighted by Crippen LogP contribution is 2.20. The third kappa shape index (κ3) is 5.28. The number of benzene rings is 2. The third-order valence-electron chi connectivity index (χ3n) is 6.32. The molecule has 0 spiro atoms. The molecule has 4 rings (SSSR count). The summed E-state index contributed by atoms with van der Waals surface area (Å²) in [5.74, 6) is -0.276. The molecule has 0 bridgehead atoms. The monoisotopic (exact) mass is 458 g/mol. The Morgan fingerprint density at radius 2 is 1.88 bits per heavy atom. The standard InChI is InChI=1S/C23H30N4O4S/c28-22(16-26-32(30,31)21-10-9-17-5-1-2-6-18(17)13-21)27-12-4-8-20(27)15-25-23(29)19-7-3-11-24-14-19/h1-2,5-6,9-10,13,19-20,24,26H,3-4,7-8,11-12,14-16H2,(H,25,29)/t19?,20-/m0/s1. The summed E-state index contributed by atoms with van der Waals surface area (Å²) in [6.45, 7) is 2.31. The molecule has 2 aromatic carbocycles. The van der Waals surface area contributed by atoms with Crippen molar-refractivity contribution >= 4 is 32.6 Å². The Balaban J connectivity index is 1.32. The van der Waals surface area contributed by atoms with Gasteiger partial charge >= 0.3 is 0 Å². The number of amides is 2. The average Bonchev–Trinajstić information content (AvgIpc) is 3.30. The largest absolute Gasteiger partial charge is 0.354 e. The topological polar surface area (TPSA) is 108 Å². The van der Waals surface area contributed by atoms with Crippen molar-refractivity contribution < 1.29 is 18.0 Å². The second-order valence-electron chi connectivity index (χ2n) is 8.51. The van der Waals surface area contributed by atoms with E-state index in [0.29, 0.717) is 19.6 Å². The molecular formula is C23H30N4O4S. The molecule has 32 heavy (non-hydrogen) atoms. The quantitative estimate of drug-likeness (QED) is 0.578. The van der Waals surface area contributed by atoms with E-state index in [4.69, 9.17) is 0 Å². The van der Waals surface area contributed by atoms with E-state index < -0.39 is 10.0 Å². The predicted molar refractivity (Wildman–Crippen MR) is 122 cm³/mol. The van der Waals surface area contributed by atoms with Gasteiger partial charge in [-0.25, -0.2) is 13.1 Å². The minimum Gasteiger partial charge on any atom is -0.354 e. The van der Waals surface area contributed by atoms with Crippen LogP contribution in [0.1, 0.15) is 25.7 Å². The van der Waals surface area contributed by atoms with Gasteiger partial charge in [-0.3, -0.25) is 9.59 Å². The van der Waals surface area contributed by atoms with E-state index >= 15 is 0 Å². The predicted octanol–water partition coefficient (Wildman–Crippen LogP) is 1.22. The van der Waals surface area contributed by atoms with Crippen LogP contribution in [-0.4, -0.2) is 63.9 Å². The van der Waals surface area contributed by atoms with Crippen LogP contribution in [-0.2, 0) is 19.6 Å². The van der Waals surface area contributed by atoms with Gasteiger partial charge < -0.3 is 15.5 Å². The molecule has 2 aliphatic heterocycles. The lowest BCUT2D eigenvalue weighted by Gasteiger charge is -2.27. The van der Waals surface area contributed by atoms with Crippen molar-refractivity contribution in [2.24, 2.45) is 5.92 Å². The number of hydrogen-bond acceptors (Lipinski definition) is 5. The first kappa shape index (κ1) is 22.7. The van der Waals surface area contributed by atoms with E-state index in [0.717, 1.165) is 43.0 Å². The number of fused-ring (bicyclic) bond motifs is 1. The number of hydrogen-bond donors (Lipinski definition) is 3. The van der Waals surface area contributed by atoms with E-state index in [-0.39, 0.29) is 35.2 Å². The molecule has 2 heterocycles. The molecule has 2 atom stereocenters. The Hall–Kier alpha value is -2.49. The molecular weight excluding hydrogens is 428 g/mol. The van der Waals surface area contributed by atoms with E-state index in [1.54, 1.807) is 23.1 Å². The van der Waals surface area contributed by atoms with Crippen molar-refractivity contribution in [3.05, 3.63) is 42.5 Å². The molecule has 0 aliphatic carbocycles. The van der Waals surface area contributed by atoms with Crippen molar-refractivity contribution in [2.45, 2.75) is 36.6 Å². The zero-order valence-electron chi connectivity index (χ0n) is 18.0. The lowest BCUT2D eigenvalue weighted by Crippen LogP contribution is -2.48. The third-order valence-corrected chi connectivity index (χ3v) is 7.72. The van der Waals surface area contributed by atoms with E-state index in [2.05, 4.69) is 15.4 Å². The molecule has 0 aromatic heterocycles. The van der Waals surface area contributed by atoms with Crippen molar-refractivity contribution in [1.82, 2.24) is 20.3 Å². The first-order valence-corrected chi connectivity index (χ1v) is 12.7. The van der Waals surface area contributed by atoms with Crippen LogP contribution in [0.2, 0.25) is 0 Å². The SMILES string of the molecule is O=C(NC[C@@H]1CCCN1C(=O)CNS(=O)(=O)c1ccc2ccccc2c1)C1CCCNC1. The second-order valence-corrected chi connectivity index (χ2v) is 10.3. The number of rotatable bonds is 7. The van der Waals surface area contributed by atoms with Gasteiger partial charge in [-0.1, -0.05) is 30.3 Å². The normalized spacial score (nSPS) is 21.6. The highest BCUT2D eigenvalue weighted by molar-refractivity contribution is 7.89. The van der Waals surface area contributed by atoms with Gasteiger partial charge in [0.05, 0.1) is 17.4 Å². The highest BCUT2D eigenvalue weighted by Gasteiger charge is 2.30. The Kier molecular flexibility index (Phi) is 7.07. The van der Waals surface area contributed by atoms with Gasteiger partial charge in [-0.05, 0) is 55.1 Å². The van der Waals surface area contributed by atoms with E-state index in [9.17, 15) is 18.0 Å². The van der Waals surface area contributed by atoms with E-state index in [1.807, 2.05) is 24.3 Å². The number of nitrogens with zero attached hydrogens (tertiary/aromatic N) is 1. The number of carbonyl (C=O) groups excluding carboxylic acids is 2. The number of piperidine rings is 1. The maximum absolute atomic E-state index is 12.8. The van der Waals surface area contributed by atoms with Gasteiger partial charge in [0.2, 0.25) is 21.8 Å². The lowest BCUT2D eigenvalue weighted by molar-refractivity contribution is -0.132. The maximum Gasteiger partial charge on any atom is 0.241 e. The lowest BCUT2D eigenvalue weighted by atomic mass is 9.99. The van der Waals surface area contributed by atoms with Gasteiger partial charge in [0, 0.05) is 25.7 Å². The van der Waals surface area contributed by atoms with Gasteiger partial charge in [0.15, 0.2) is 0 Å². The van der Waals surface area contributed by atoms with Crippen LogP contribution < -0.4 is 15.4 Å². The molecule has 2 fully saturated rings. The van der Waals surface area contributed by atoms with Gasteiger partial charge in [0.25, 0.3) is 0 Å². The van der Waals surface area contributed by atoms with Gasteiger partial charge in [-0.2, -0.15) is 0 Å². The molecule has 9 heteroatoms. The zero-order chi connectivity index (χ0) is 22.6. The van der Waals surface area contributed by atoms with Crippen molar-refractivity contribution in [3.8, 4) is 0 Å². The second kappa shape index (κ2) is 9.97. The molecule has 2 amide bonds. The summed E-state index contributed by atoms with van der Waals surface area (Å²) in [5, 5.41) is 7.99. The van der Waals surface area contributed by atoms with Crippen LogP contribution in [0.25, 0.3) is 10.8 Å². The summed E-state index contributed by atoms with van der Waals surface area (Å²) in [5.41, 5.74) is 0. The number of likely N-dealkylation sites (tertiary alicyclic amines) is 1. The molecule has 3 N–H and O–H groups in total. The number of sulfonamides is 1. The summed E-state index contributed by atoms with van der Waals surface area (Å²) in [6.07, 6.45) is 3.51.